The zero-order valence-corrected chi connectivity index (χ0v) is 13.1. The Balaban J connectivity index is 1.62. The monoisotopic (exact) mass is 338 g/mol. The van der Waals surface area contributed by atoms with Gasteiger partial charge in [-0.15, -0.1) is 0 Å². The van der Waals surface area contributed by atoms with Crippen molar-refractivity contribution in [1.29, 1.82) is 0 Å². The SMILES string of the molecule is O=C(Nc1ccc2oc(-c3ccco3)nc2c1)c1cccc(Cl)c1. The van der Waals surface area contributed by atoms with Gasteiger partial charge in [-0.05, 0) is 48.5 Å². The molecule has 118 valence electrons. The Morgan fingerprint density at radius 2 is 2.00 bits per heavy atom. The van der Waals surface area contributed by atoms with Crippen LogP contribution in [0.3, 0.4) is 0 Å². The summed E-state index contributed by atoms with van der Waals surface area (Å²) in [5.74, 6) is 0.704. The van der Waals surface area contributed by atoms with Crippen molar-refractivity contribution in [3.8, 4) is 11.7 Å². The maximum Gasteiger partial charge on any atom is 0.263 e. The van der Waals surface area contributed by atoms with Crippen LogP contribution in [-0.4, -0.2) is 10.9 Å². The Labute approximate surface area is 141 Å². The molecule has 0 saturated heterocycles. The van der Waals surface area contributed by atoms with Crippen LogP contribution in [0.4, 0.5) is 5.69 Å². The average Bonchev–Trinajstić information content (AvgIpc) is 3.23. The number of oxazole rings is 1. The molecule has 0 saturated carbocycles. The quantitative estimate of drug-likeness (QED) is 0.571. The van der Waals surface area contributed by atoms with Gasteiger partial charge in [0.05, 0.1) is 6.26 Å². The molecule has 0 unspecified atom stereocenters. The Hall–Kier alpha value is -3.05. The lowest BCUT2D eigenvalue weighted by Crippen LogP contribution is -2.11. The largest absolute Gasteiger partial charge is 0.459 e. The maximum atomic E-state index is 12.3. The van der Waals surface area contributed by atoms with E-state index in [1.165, 1.54) is 0 Å². The van der Waals surface area contributed by atoms with E-state index in [-0.39, 0.29) is 5.91 Å². The highest BCUT2D eigenvalue weighted by molar-refractivity contribution is 6.31. The fraction of sp³-hybridized carbons (Fsp3) is 0. The number of nitrogens with one attached hydrogen (secondary N) is 1. The summed E-state index contributed by atoms with van der Waals surface area (Å²) in [4.78, 5) is 16.6. The van der Waals surface area contributed by atoms with E-state index in [2.05, 4.69) is 10.3 Å². The highest BCUT2D eigenvalue weighted by Gasteiger charge is 2.12. The molecule has 2 aromatic heterocycles. The third-order valence-corrected chi connectivity index (χ3v) is 3.70. The standard InChI is InChI=1S/C18H11ClN2O3/c19-12-4-1-3-11(9-12)17(22)20-13-6-7-15-14(10-13)21-18(24-15)16-5-2-8-23-16/h1-10H,(H,20,22). The van der Waals surface area contributed by atoms with Crippen molar-refractivity contribution >= 4 is 34.3 Å². The first-order valence-electron chi connectivity index (χ1n) is 7.20. The molecule has 4 rings (SSSR count). The van der Waals surface area contributed by atoms with Gasteiger partial charge in [-0.1, -0.05) is 17.7 Å². The summed E-state index contributed by atoms with van der Waals surface area (Å²) in [6, 6.07) is 15.5. The molecule has 4 aromatic rings. The van der Waals surface area contributed by atoms with Crippen LogP contribution in [0.15, 0.2) is 69.7 Å². The van der Waals surface area contributed by atoms with E-state index >= 15 is 0 Å². The number of carbonyl (C=O) groups excluding carboxylic acids is 1. The van der Waals surface area contributed by atoms with Crippen molar-refractivity contribution in [2.45, 2.75) is 0 Å². The van der Waals surface area contributed by atoms with Gasteiger partial charge >= 0.3 is 0 Å². The van der Waals surface area contributed by atoms with Gasteiger partial charge in [0.2, 0.25) is 0 Å². The molecule has 0 bridgehead atoms. The van der Waals surface area contributed by atoms with Gasteiger partial charge in [0.25, 0.3) is 11.8 Å². The molecular formula is C18H11ClN2O3. The minimum absolute atomic E-state index is 0.244. The highest BCUT2D eigenvalue weighted by Crippen LogP contribution is 2.26. The summed E-state index contributed by atoms with van der Waals surface area (Å²) in [5.41, 5.74) is 2.35. The predicted octanol–water partition coefficient (Wildman–Crippen LogP) is 4.99. The second-order valence-electron chi connectivity index (χ2n) is 5.14. The number of rotatable bonds is 3. The molecule has 2 heterocycles. The Morgan fingerprint density at radius 3 is 2.79 bits per heavy atom. The molecule has 2 aromatic carbocycles. The fourth-order valence-corrected chi connectivity index (χ4v) is 2.53. The number of hydrogen-bond donors (Lipinski definition) is 1. The van der Waals surface area contributed by atoms with Crippen LogP contribution < -0.4 is 5.32 Å². The first-order chi connectivity index (χ1) is 11.7. The van der Waals surface area contributed by atoms with Gasteiger partial charge in [0.1, 0.15) is 5.52 Å². The Bertz CT molecular complexity index is 1020. The zero-order valence-electron chi connectivity index (χ0n) is 12.3. The van der Waals surface area contributed by atoms with E-state index in [0.29, 0.717) is 39.0 Å². The first kappa shape index (κ1) is 14.5. The van der Waals surface area contributed by atoms with E-state index in [9.17, 15) is 4.79 Å². The number of anilines is 1. The molecule has 0 aliphatic heterocycles. The van der Waals surface area contributed by atoms with E-state index < -0.39 is 0 Å². The third-order valence-electron chi connectivity index (χ3n) is 3.46. The lowest BCUT2D eigenvalue weighted by molar-refractivity contribution is 0.102. The van der Waals surface area contributed by atoms with Crippen LogP contribution in [-0.2, 0) is 0 Å². The molecule has 1 N–H and O–H groups in total. The second kappa shape index (κ2) is 5.86. The van der Waals surface area contributed by atoms with E-state index in [1.54, 1.807) is 60.9 Å². The van der Waals surface area contributed by atoms with E-state index in [4.69, 9.17) is 20.4 Å². The maximum absolute atomic E-state index is 12.3. The van der Waals surface area contributed by atoms with Crippen molar-refractivity contribution in [3.05, 3.63) is 71.4 Å². The Kier molecular flexibility index (Phi) is 3.55. The number of hydrogen-bond acceptors (Lipinski definition) is 4. The van der Waals surface area contributed by atoms with Crippen LogP contribution in [0.25, 0.3) is 22.8 Å². The van der Waals surface area contributed by atoms with Crippen molar-refractivity contribution in [1.82, 2.24) is 4.98 Å². The summed E-state index contributed by atoms with van der Waals surface area (Å²) in [6.07, 6.45) is 1.56. The van der Waals surface area contributed by atoms with Crippen LogP contribution >= 0.6 is 11.6 Å². The molecule has 24 heavy (non-hydrogen) atoms. The van der Waals surface area contributed by atoms with E-state index in [1.807, 2.05) is 0 Å². The molecule has 0 radical (unpaired) electrons. The lowest BCUT2D eigenvalue weighted by Gasteiger charge is -2.05. The normalized spacial score (nSPS) is 10.9. The molecular weight excluding hydrogens is 328 g/mol. The number of halogens is 1. The fourth-order valence-electron chi connectivity index (χ4n) is 2.34. The minimum Gasteiger partial charge on any atom is -0.459 e. The van der Waals surface area contributed by atoms with E-state index in [0.717, 1.165) is 0 Å². The summed E-state index contributed by atoms with van der Waals surface area (Å²) in [6.45, 7) is 0. The van der Waals surface area contributed by atoms with Gasteiger partial charge in [0, 0.05) is 16.3 Å². The van der Waals surface area contributed by atoms with Crippen molar-refractivity contribution in [3.63, 3.8) is 0 Å². The smallest absolute Gasteiger partial charge is 0.263 e. The topological polar surface area (TPSA) is 68.3 Å². The van der Waals surface area contributed by atoms with Crippen molar-refractivity contribution < 1.29 is 13.6 Å². The molecule has 0 aliphatic rings. The molecule has 5 nitrogen and oxygen atoms in total. The predicted molar refractivity (Wildman–Crippen MR) is 91.1 cm³/mol. The second-order valence-corrected chi connectivity index (χ2v) is 5.58. The molecule has 0 spiro atoms. The minimum atomic E-state index is -0.244. The van der Waals surface area contributed by atoms with Crippen molar-refractivity contribution in [2.75, 3.05) is 5.32 Å². The molecule has 0 fully saturated rings. The zero-order chi connectivity index (χ0) is 16.5. The highest BCUT2D eigenvalue weighted by atomic mass is 35.5. The van der Waals surface area contributed by atoms with Crippen LogP contribution in [0, 0.1) is 0 Å². The number of fused-ring (bicyclic) bond motifs is 1. The van der Waals surface area contributed by atoms with Gasteiger partial charge < -0.3 is 14.2 Å². The molecule has 0 aliphatic carbocycles. The van der Waals surface area contributed by atoms with Crippen molar-refractivity contribution in [2.24, 2.45) is 0 Å². The number of amides is 1. The van der Waals surface area contributed by atoms with Crippen LogP contribution in [0.1, 0.15) is 10.4 Å². The van der Waals surface area contributed by atoms with Gasteiger partial charge in [0.15, 0.2) is 11.3 Å². The summed E-state index contributed by atoms with van der Waals surface area (Å²) >= 11 is 5.91. The molecule has 1 amide bonds. The average molecular weight is 339 g/mol. The van der Waals surface area contributed by atoms with Crippen LogP contribution in [0.5, 0.6) is 0 Å². The number of furan rings is 1. The van der Waals surface area contributed by atoms with Gasteiger partial charge in [-0.25, -0.2) is 4.98 Å². The summed E-state index contributed by atoms with van der Waals surface area (Å²) in [7, 11) is 0. The van der Waals surface area contributed by atoms with Gasteiger partial charge in [-0.3, -0.25) is 4.79 Å². The summed E-state index contributed by atoms with van der Waals surface area (Å²) < 4.78 is 10.9. The first-order valence-corrected chi connectivity index (χ1v) is 7.58. The lowest BCUT2D eigenvalue weighted by atomic mass is 10.2. The van der Waals surface area contributed by atoms with Crippen LogP contribution in [0.2, 0.25) is 5.02 Å². The number of nitrogens with zero attached hydrogens (tertiary/aromatic N) is 1. The third kappa shape index (κ3) is 2.77. The summed E-state index contributed by atoms with van der Waals surface area (Å²) in [5, 5.41) is 3.33. The Morgan fingerprint density at radius 1 is 1.08 bits per heavy atom. The van der Waals surface area contributed by atoms with Gasteiger partial charge in [-0.2, -0.15) is 0 Å². The number of carbonyl (C=O) groups is 1. The molecule has 0 atom stereocenters. The molecule has 6 heteroatoms. The number of aromatic nitrogens is 1. The number of benzene rings is 2.